The molecule has 1 fully saturated rings. The molecule has 5 nitrogen and oxygen atoms in total. The van der Waals surface area contributed by atoms with E-state index in [0.717, 1.165) is 36.5 Å². The Balaban J connectivity index is 0.00000147. The van der Waals surface area contributed by atoms with Crippen molar-refractivity contribution in [2.75, 3.05) is 31.7 Å². The Bertz CT molecular complexity index is 475. The van der Waals surface area contributed by atoms with Crippen LogP contribution < -0.4 is 15.4 Å². The number of ether oxygens (including phenoxy) is 2. The van der Waals surface area contributed by atoms with Gasteiger partial charge in [-0.1, -0.05) is 0 Å². The molecule has 1 aromatic carbocycles. The van der Waals surface area contributed by atoms with Crippen molar-refractivity contribution in [1.82, 2.24) is 5.32 Å². The highest BCUT2D eigenvalue weighted by molar-refractivity contribution is 5.93. The first-order valence-corrected chi connectivity index (χ1v) is 6.68. The number of carbonyl (C=O) groups is 1. The van der Waals surface area contributed by atoms with Crippen LogP contribution in [-0.4, -0.2) is 32.3 Å². The van der Waals surface area contributed by atoms with Crippen LogP contribution in [-0.2, 0) is 16.1 Å². The highest BCUT2D eigenvalue weighted by Gasteiger charge is 2.23. The molecule has 20 heavy (non-hydrogen) atoms. The molecular formula is C14H19ClN2O3. The van der Waals surface area contributed by atoms with Gasteiger partial charge in [0.1, 0.15) is 12.4 Å². The molecule has 2 aliphatic heterocycles. The normalized spacial score (nSPS) is 21.1. The molecule has 6 heteroatoms. The number of hydrogen-bond donors (Lipinski definition) is 2. The van der Waals surface area contributed by atoms with Crippen molar-refractivity contribution in [3.63, 3.8) is 0 Å². The summed E-state index contributed by atoms with van der Waals surface area (Å²) in [6.45, 7) is 3.50. The largest absolute Gasteiger partial charge is 0.492 e. The second kappa shape index (κ2) is 6.92. The van der Waals surface area contributed by atoms with Crippen molar-refractivity contribution in [1.29, 1.82) is 0 Å². The quantitative estimate of drug-likeness (QED) is 0.870. The highest BCUT2D eigenvalue weighted by atomic mass is 35.5. The molecule has 1 saturated heterocycles. The summed E-state index contributed by atoms with van der Waals surface area (Å²) < 4.78 is 10.8. The molecule has 2 aliphatic rings. The van der Waals surface area contributed by atoms with Crippen LogP contribution in [0.1, 0.15) is 12.0 Å². The van der Waals surface area contributed by atoms with E-state index in [-0.39, 0.29) is 24.2 Å². The molecule has 1 unspecified atom stereocenters. The van der Waals surface area contributed by atoms with Gasteiger partial charge in [0.2, 0.25) is 5.91 Å². The minimum atomic E-state index is -0.0202. The number of benzene rings is 1. The van der Waals surface area contributed by atoms with Crippen molar-refractivity contribution < 1.29 is 14.3 Å². The smallest absolute Gasteiger partial charge is 0.229 e. The van der Waals surface area contributed by atoms with Gasteiger partial charge in [-0.3, -0.25) is 4.79 Å². The third-order valence-corrected chi connectivity index (χ3v) is 3.48. The number of carbonyl (C=O) groups excluding carboxylic acids is 1. The molecule has 0 saturated carbocycles. The summed E-state index contributed by atoms with van der Waals surface area (Å²) in [4.78, 5) is 12.0. The summed E-state index contributed by atoms with van der Waals surface area (Å²) in [5.41, 5.74) is 1.90. The van der Waals surface area contributed by atoms with Gasteiger partial charge in [-0.2, -0.15) is 0 Å². The van der Waals surface area contributed by atoms with E-state index in [9.17, 15) is 4.79 Å². The number of halogens is 1. The van der Waals surface area contributed by atoms with Crippen LogP contribution in [0.3, 0.4) is 0 Å². The molecule has 0 aromatic heterocycles. The second-order valence-corrected chi connectivity index (χ2v) is 4.90. The average Bonchev–Trinajstić information content (AvgIpc) is 2.85. The predicted octanol–water partition coefficient (Wildman–Crippen LogP) is 1.57. The SMILES string of the molecule is Cl.O=C(Nc1ccc2c(c1)CNCCO2)C1CCOC1. The Morgan fingerprint density at radius 1 is 1.35 bits per heavy atom. The lowest BCUT2D eigenvalue weighted by Crippen LogP contribution is -2.22. The molecule has 0 bridgehead atoms. The summed E-state index contributed by atoms with van der Waals surface area (Å²) in [6.07, 6.45) is 0.807. The van der Waals surface area contributed by atoms with E-state index in [1.165, 1.54) is 0 Å². The first kappa shape index (κ1) is 15.1. The summed E-state index contributed by atoms with van der Waals surface area (Å²) >= 11 is 0. The molecular weight excluding hydrogens is 280 g/mol. The van der Waals surface area contributed by atoms with Gasteiger partial charge in [-0.15, -0.1) is 12.4 Å². The minimum Gasteiger partial charge on any atom is -0.492 e. The van der Waals surface area contributed by atoms with E-state index in [4.69, 9.17) is 9.47 Å². The number of rotatable bonds is 2. The van der Waals surface area contributed by atoms with Gasteiger partial charge in [0.15, 0.2) is 0 Å². The van der Waals surface area contributed by atoms with Gasteiger partial charge in [-0.25, -0.2) is 0 Å². The van der Waals surface area contributed by atoms with E-state index in [1.54, 1.807) is 0 Å². The highest BCUT2D eigenvalue weighted by Crippen LogP contribution is 2.25. The third-order valence-electron chi connectivity index (χ3n) is 3.48. The van der Waals surface area contributed by atoms with Gasteiger partial charge in [-0.05, 0) is 24.6 Å². The van der Waals surface area contributed by atoms with Crippen LogP contribution in [0.2, 0.25) is 0 Å². The summed E-state index contributed by atoms with van der Waals surface area (Å²) in [5, 5.41) is 6.23. The Morgan fingerprint density at radius 2 is 2.25 bits per heavy atom. The maximum absolute atomic E-state index is 12.0. The predicted molar refractivity (Wildman–Crippen MR) is 78.4 cm³/mol. The Morgan fingerprint density at radius 3 is 3.05 bits per heavy atom. The van der Waals surface area contributed by atoms with Crippen LogP contribution in [0.5, 0.6) is 5.75 Å². The van der Waals surface area contributed by atoms with Gasteiger partial charge < -0.3 is 20.1 Å². The lowest BCUT2D eigenvalue weighted by molar-refractivity contribution is -0.119. The third kappa shape index (κ3) is 3.42. The summed E-state index contributed by atoms with van der Waals surface area (Å²) in [5.74, 6) is 0.917. The van der Waals surface area contributed by atoms with E-state index in [1.807, 2.05) is 18.2 Å². The Labute approximate surface area is 124 Å². The maximum atomic E-state index is 12.0. The number of anilines is 1. The molecule has 3 rings (SSSR count). The average molecular weight is 299 g/mol. The van der Waals surface area contributed by atoms with Crippen LogP contribution in [0.4, 0.5) is 5.69 Å². The molecule has 2 N–H and O–H groups in total. The standard InChI is InChI=1S/C14H18N2O3.ClH/c17-14(10-3-5-18-9-10)16-12-1-2-13-11(7-12)8-15-4-6-19-13;/h1-2,7,10,15H,3-6,8-9H2,(H,16,17);1H. The lowest BCUT2D eigenvalue weighted by atomic mass is 10.1. The fraction of sp³-hybridized carbons (Fsp3) is 0.500. The number of hydrogen-bond acceptors (Lipinski definition) is 4. The topological polar surface area (TPSA) is 59.6 Å². The number of fused-ring (bicyclic) bond motifs is 1. The zero-order chi connectivity index (χ0) is 13.1. The van der Waals surface area contributed by atoms with Gasteiger partial charge >= 0.3 is 0 Å². The fourth-order valence-corrected chi connectivity index (χ4v) is 2.38. The first-order valence-electron chi connectivity index (χ1n) is 6.68. The summed E-state index contributed by atoms with van der Waals surface area (Å²) in [7, 11) is 0. The van der Waals surface area contributed by atoms with Crippen molar-refractivity contribution >= 4 is 24.0 Å². The van der Waals surface area contributed by atoms with Crippen LogP contribution in [0.15, 0.2) is 18.2 Å². The van der Waals surface area contributed by atoms with E-state index in [0.29, 0.717) is 19.8 Å². The number of amides is 1. The van der Waals surface area contributed by atoms with Gasteiger partial charge in [0.25, 0.3) is 0 Å². The van der Waals surface area contributed by atoms with E-state index in [2.05, 4.69) is 10.6 Å². The van der Waals surface area contributed by atoms with Crippen LogP contribution >= 0.6 is 12.4 Å². The monoisotopic (exact) mass is 298 g/mol. The molecule has 1 aromatic rings. The molecule has 2 heterocycles. The van der Waals surface area contributed by atoms with Gasteiger partial charge in [0.05, 0.1) is 12.5 Å². The van der Waals surface area contributed by atoms with Crippen molar-refractivity contribution in [2.45, 2.75) is 13.0 Å². The van der Waals surface area contributed by atoms with E-state index < -0.39 is 0 Å². The maximum Gasteiger partial charge on any atom is 0.229 e. The van der Waals surface area contributed by atoms with Crippen LogP contribution in [0, 0.1) is 5.92 Å². The van der Waals surface area contributed by atoms with Gasteiger partial charge in [0, 0.05) is 30.9 Å². The molecule has 0 spiro atoms. The van der Waals surface area contributed by atoms with Crippen molar-refractivity contribution in [3.8, 4) is 5.75 Å². The zero-order valence-corrected chi connectivity index (χ0v) is 12.0. The molecule has 1 amide bonds. The zero-order valence-electron chi connectivity index (χ0n) is 11.2. The van der Waals surface area contributed by atoms with E-state index >= 15 is 0 Å². The Hall–Kier alpha value is -1.30. The first-order chi connectivity index (χ1) is 9.33. The lowest BCUT2D eigenvalue weighted by Gasteiger charge is -2.12. The molecule has 110 valence electrons. The second-order valence-electron chi connectivity index (χ2n) is 4.90. The number of nitrogens with one attached hydrogen (secondary N) is 2. The summed E-state index contributed by atoms with van der Waals surface area (Å²) in [6, 6.07) is 5.78. The Kier molecular flexibility index (Phi) is 5.23. The fourth-order valence-electron chi connectivity index (χ4n) is 2.38. The molecule has 1 atom stereocenters. The molecule has 0 aliphatic carbocycles. The van der Waals surface area contributed by atoms with Crippen LogP contribution in [0.25, 0.3) is 0 Å². The molecule has 0 radical (unpaired) electrons. The van der Waals surface area contributed by atoms with Crippen molar-refractivity contribution in [2.24, 2.45) is 5.92 Å². The minimum absolute atomic E-state index is 0. The van der Waals surface area contributed by atoms with Crippen molar-refractivity contribution in [3.05, 3.63) is 23.8 Å².